The molecule has 6 nitrogen and oxygen atoms in total. The van der Waals surface area contributed by atoms with Crippen LogP contribution in [0.25, 0.3) is 0 Å². The highest BCUT2D eigenvalue weighted by Crippen LogP contribution is 2.34. The van der Waals surface area contributed by atoms with Crippen LogP contribution in [0.5, 0.6) is 0 Å². The Kier molecular flexibility index (Phi) is 4.21. The van der Waals surface area contributed by atoms with Crippen molar-refractivity contribution in [1.82, 2.24) is 19.9 Å². The molecule has 1 aromatic rings. The summed E-state index contributed by atoms with van der Waals surface area (Å²) in [6.07, 6.45) is 3.90. The van der Waals surface area contributed by atoms with Gasteiger partial charge in [0.05, 0.1) is 0 Å². The molecular formula is C16H28N6. The molecule has 0 radical (unpaired) electrons. The second-order valence-electron chi connectivity index (χ2n) is 7.22. The lowest BCUT2D eigenvalue weighted by molar-refractivity contribution is 0.257. The molecule has 1 aromatic heterocycles. The van der Waals surface area contributed by atoms with E-state index >= 15 is 0 Å². The summed E-state index contributed by atoms with van der Waals surface area (Å²) in [5.74, 6) is 2.60. The molecule has 1 N–H and O–H groups in total. The molecule has 2 heterocycles. The van der Waals surface area contributed by atoms with Crippen molar-refractivity contribution >= 4 is 11.9 Å². The number of hydrogen-bond donors (Lipinski definition) is 1. The molecule has 2 aliphatic rings. The summed E-state index contributed by atoms with van der Waals surface area (Å²) in [4.78, 5) is 18.3. The Bertz CT molecular complexity index is 499. The topological polar surface area (TPSA) is 57.2 Å². The molecule has 1 saturated carbocycles. The molecule has 1 saturated heterocycles. The zero-order valence-corrected chi connectivity index (χ0v) is 14.4. The summed E-state index contributed by atoms with van der Waals surface area (Å²) < 4.78 is 0. The minimum absolute atomic E-state index is 0.299. The molecule has 2 unspecified atom stereocenters. The molecule has 0 spiro atoms. The Morgan fingerprint density at radius 2 is 1.91 bits per heavy atom. The zero-order chi connectivity index (χ0) is 15.9. The van der Waals surface area contributed by atoms with E-state index in [1.807, 2.05) is 19.0 Å². The van der Waals surface area contributed by atoms with E-state index in [1.165, 1.54) is 12.8 Å². The van der Waals surface area contributed by atoms with Gasteiger partial charge in [0, 0.05) is 44.7 Å². The summed E-state index contributed by atoms with van der Waals surface area (Å²) in [5, 5.41) is 3.54. The first-order valence-electron chi connectivity index (χ1n) is 8.39. The van der Waals surface area contributed by atoms with Gasteiger partial charge in [-0.2, -0.15) is 15.0 Å². The van der Waals surface area contributed by atoms with Crippen LogP contribution in [0.15, 0.2) is 0 Å². The van der Waals surface area contributed by atoms with Gasteiger partial charge >= 0.3 is 0 Å². The van der Waals surface area contributed by atoms with E-state index in [0.29, 0.717) is 18.0 Å². The average molecular weight is 304 g/mol. The van der Waals surface area contributed by atoms with Crippen molar-refractivity contribution in [2.24, 2.45) is 0 Å². The van der Waals surface area contributed by atoms with Gasteiger partial charge in [0.1, 0.15) is 5.82 Å². The number of rotatable bonds is 5. The van der Waals surface area contributed by atoms with Gasteiger partial charge in [-0.05, 0) is 26.2 Å². The third-order valence-corrected chi connectivity index (χ3v) is 4.53. The summed E-state index contributed by atoms with van der Waals surface area (Å²) in [7, 11) is 3.94. The van der Waals surface area contributed by atoms with Crippen LogP contribution in [0, 0.1) is 0 Å². The van der Waals surface area contributed by atoms with Crippen molar-refractivity contribution in [2.45, 2.75) is 64.1 Å². The molecule has 2 atom stereocenters. The first-order valence-corrected chi connectivity index (χ1v) is 8.39. The lowest BCUT2D eigenvalue weighted by Crippen LogP contribution is -2.31. The van der Waals surface area contributed by atoms with Gasteiger partial charge in [0.15, 0.2) is 0 Å². The van der Waals surface area contributed by atoms with Gasteiger partial charge < -0.3 is 10.2 Å². The van der Waals surface area contributed by atoms with Crippen molar-refractivity contribution in [3.05, 3.63) is 5.82 Å². The highest BCUT2D eigenvalue weighted by Gasteiger charge is 2.38. The largest absolute Gasteiger partial charge is 0.350 e. The van der Waals surface area contributed by atoms with Crippen molar-refractivity contribution in [1.29, 1.82) is 0 Å². The van der Waals surface area contributed by atoms with Gasteiger partial charge in [0.25, 0.3) is 0 Å². The molecule has 0 bridgehead atoms. The third kappa shape index (κ3) is 3.32. The molecule has 0 aromatic carbocycles. The number of nitrogens with zero attached hydrogens (tertiary/aromatic N) is 5. The number of hydrogen-bond acceptors (Lipinski definition) is 6. The second-order valence-corrected chi connectivity index (χ2v) is 7.22. The van der Waals surface area contributed by atoms with Crippen molar-refractivity contribution in [3.8, 4) is 0 Å². The average Bonchev–Trinajstić information content (AvgIpc) is 3.23. The van der Waals surface area contributed by atoms with Crippen LogP contribution in [0.4, 0.5) is 11.9 Å². The van der Waals surface area contributed by atoms with Gasteiger partial charge in [-0.15, -0.1) is 0 Å². The maximum Gasteiger partial charge on any atom is 0.229 e. The quantitative estimate of drug-likeness (QED) is 0.899. The molecule has 122 valence electrons. The zero-order valence-electron chi connectivity index (χ0n) is 14.4. The van der Waals surface area contributed by atoms with E-state index < -0.39 is 0 Å². The van der Waals surface area contributed by atoms with E-state index in [4.69, 9.17) is 0 Å². The second kappa shape index (κ2) is 5.99. The molecule has 1 aliphatic heterocycles. The normalized spacial score (nSPS) is 25.7. The Morgan fingerprint density at radius 1 is 1.18 bits per heavy atom. The van der Waals surface area contributed by atoms with E-state index in [1.54, 1.807) is 0 Å². The van der Waals surface area contributed by atoms with Crippen LogP contribution in [-0.2, 0) is 0 Å². The lowest BCUT2D eigenvalue weighted by atomic mass is 10.2. The van der Waals surface area contributed by atoms with E-state index in [0.717, 1.165) is 36.7 Å². The monoisotopic (exact) mass is 304 g/mol. The van der Waals surface area contributed by atoms with Crippen LogP contribution in [0.3, 0.4) is 0 Å². The predicted molar refractivity (Wildman–Crippen MR) is 89.5 cm³/mol. The van der Waals surface area contributed by atoms with Gasteiger partial charge in [0.2, 0.25) is 11.9 Å². The molecule has 22 heavy (non-hydrogen) atoms. The van der Waals surface area contributed by atoms with Crippen LogP contribution in [0.1, 0.15) is 51.8 Å². The van der Waals surface area contributed by atoms with Crippen LogP contribution < -0.4 is 10.2 Å². The Morgan fingerprint density at radius 3 is 2.50 bits per heavy atom. The van der Waals surface area contributed by atoms with Crippen molar-refractivity contribution < 1.29 is 0 Å². The number of anilines is 2. The van der Waals surface area contributed by atoms with Crippen molar-refractivity contribution in [2.75, 3.05) is 30.9 Å². The standard InChI is InChI=1S/C16H28N6/c1-10(2)14-18-15(20-16(19-14)21(4)5)17-12-8-11(3)22(9-12)13-6-7-13/h10-13H,6-9H2,1-5H3,(H,17,18,19,20). The summed E-state index contributed by atoms with van der Waals surface area (Å²) in [5.41, 5.74) is 0. The molecule has 2 fully saturated rings. The van der Waals surface area contributed by atoms with Crippen LogP contribution in [-0.4, -0.2) is 58.6 Å². The number of likely N-dealkylation sites (tertiary alicyclic amines) is 1. The van der Waals surface area contributed by atoms with Crippen molar-refractivity contribution in [3.63, 3.8) is 0 Å². The summed E-state index contributed by atoms with van der Waals surface area (Å²) in [6, 6.07) is 1.92. The fraction of sp³-hybridized carbons (Fsp3) is 0.812. The molecular weight excluding hydrogens is 276 g/mol. The molecule has 0 amide bonds. The van der Waals surface area contributed by atoms with E-state index in [2.05, 4.69) is 45.9 Å². The highest BCUT2D eigenvalue weighted by atomic mass is 15.3. The fourth-order valence-electron chi connectivity index (χ4n) is 3.16. The highest BCUT2D eigenvalue weighted by molar-refractivity contribution is 5.37. The van der Waals surface area contributed by atoms with Gasteiger partial charge in [-0.25, -0.2) is 0 Å². The predicted octanol–water partition coefficient (Wildman–Crippen LogP) is 2.10. The minimum Gasteiger partial charge on any atom is -0.350 e. The maximum atomic E-state index is 4.61. The SMILES string of the molecule is CC(C)c1nc(NC2CC(C)N(C3CC3)C2)nc(N(C)C)n1. The number of nitrogens with one attached hydrogen (secondary N) is 1. The Balaban J connectivity index is 1.74. The van der Waals surface area contributed by atoms with Gasteiger partial charge in [-0.1, -0.05) is 13.8 Å². The lowest BCUT2D eigenvalue weighted by Gasteiger charge is -2.20. The van der Waals surface area contributed by atoms with E-state index in [9.17, 15) is 0 Å². The first kappa shape index (κ1) is 15.5. The fourth-order valence-corrected chi connectivity index (χ4v) is 3.16. The van der Waals surface area contributed by atoms with Crippen LogP contribution >= 0.6 is 0 Å². The van der Waals surface area contributed by atoms with E-state index in [-0.39, 0.29) is 0 Å². The molecule has 6 heteroatoms. The van der Waals surface area contributed by atoms with Crippen LogP contribution in [0.2, 0.25) is 0 Å². The first-order chi connectivity index (χ1) is 10.4. The Labute approximate surface area is 133 Å². The van der Waals surface area contributed by atoms with Gasteiger partial charge in [-0.3, -0.25) is 4.90 Å². The maximum absolute atomic E-state index is 4.61. The summed E-state index contributed by atoms with van der Waals surface area (Å²) in [6.45, 7) is 7.67. The summed E-state index contributed by atoms with van der Waals surface area (Å²) >= 11 is 0. The Hall–Kier alpha value is -1.43. The third-order valence-electron chi connectivity index (χ3n) is 4.53. The number of aromatic nitrogens is 3. The molecule has 3 rings (SSSR count). The minimum atomic E-state index is 0.299. The molecule has 1 aliphatic carbocycles. The smallest absolute Gasteiger partial charge is 0.229 e.